The number of rotatable bonds is 2. The molecule has 1 atom stereocenters. The zero-order chi connectivity index (χ0) is 13.9. The maximum atomic E-state index is 5.81. The Hall–Kier alpha value is -2.36. The normalized spacial score (nSPS) is 18.9. The van der Waals surface area contributed by atoms with Gasteiger partial charge in [-0.05, 0) is 23.9 Å². The SMILES string of the molecule is COC1=C2OC(O1)c1c2c(C)cc2cccc(OC)c12. The molecule has 2 aromatic carbocycles. The highest BCUT2D eigenvalue weighted by Crippen LogP contribution is 2.53. The van der Waals surface area contributed by atoms with Crippen molar-refractivity contribution in [2.45, 2.75) is 13.2 Å². The van der Waals surface area contributed by atoms with Crippen LogP contribution < -0.4 is 4.74 Å². The summed E-state index contributed by atoms with van der Waals surface area (Å²) in [4.78, 5) is 0. The molecule has 2 bridgehead atoms. The lowest BCUT2D eigenvalue weighted by Gasteiger charge is -2.17. The molecule has 0 N–H and O–H groups in total. The molecule has 0 aliphatic carbocycles. The summed E-state index contributed by atoms with van der Waals surface area (Å²) >= 11 is 0. The van der Waals surface area contributed by atoms with Crippen molar-refractivity contribution in [1.82, 2.24) is 0 Å². The van der Waals surface area contributed by atoms with E-state index in [-0.39, 0.29) is 0 Å². The summed E-state index contributed by atoms with van der Waals surface area (Å²) in [6, 6.07) is 8.15. The van der Waals surface area contributed by atoms with Gasteiger partial charge in [-0.25, -0.2) is 0 Å². The summed E-state index contributed by atoms with van der Waals surface area (Å²) in [7, 11) is 3.26. The second kappa shape index (κ2) is 3.82. The van der Waals surface area contributed by atoms with Gasteiger partial charge in [-0.15, -0.1) is 0 Å². The minimum Gasteiger partial charge on any atom is -0.496 e. The molecule has 2 heterocycles. The Morgan fingerprint density at radius 2 is 1.95 bits per heavy atom. The van der Waals surface area contributed by atoms with Gasteiger partial charge in [0.25, 0.3) is 6.29 Å². The first-order valence-corrected chi connectivity index (χ1v) is 6.46. The van der Waals surface area contributed by atoms with E-state index in [9.17, 15) is 0 Å². The van der Waals surface area contributed by atoms with Crippen LogP contribution in [0.3, 0.4) is 0 Å². The van der Waals surface area contributed by atoms with E-state index in [4.69, 9.17) is 18.9 Å². The Bertz CT molecular complexity index is 761. The van der Waals surface area contributed by atoms with Gasteiger partial charge < -0.3 is 18.9 Å². The predicted molar refractivity (Wildman–Crippen MR) is 74.1 cm³/mol. The fourth-order valence-corrected chi connectivity index (χ4v) is 3.06. The van der Waals surface area contributed by atoms with Crippen molar-refractivity contribution in [3.05, 3.63) is 46.9 Å². The van der Waals surface area contributed by atoms with Crippen LogP contribution >= 0.6 is 0 Å². The summed E-state index contributed by atoms with van der Waals surface area (Å²) in [5.41, 5.74) is 3.25. The molecule has 1 unspecified atom stereocenters. The van der Waals surface area contributed by atoms with Crippen molar-refractivity contribution >= 4 is 16.5 Å². The smallest absolute Gasteiger partial charge is 0.327 e. The summed E-state index contributed by atoms with van der Waals surface area (Å²) in [6.45, 7) is 2.07. The molecule has 2 aliphatic rings. The van der Waals surface area contributed by atoms with Crippen LogP contribution in [0.1, 0.15) is 23.0 Å². The van der Waals surface area contributed by atoms with Gasteiger partial charge in [0.05, 0.1) is 19.8 Å². The Balaban J connectivity index is 2.13. The minimum atomic E-state index is -0.436. The molecule has 0 saturated heterocycles. The molecule has 4 nitrogen and oxygen atoms in total. The van der Waals surface area contributed by atoms with Gasteiger partial charge in [0.1, 0.15) is 5.75 Å². The van der Waals surface area contributed by atoms with Crippen LogP contribution in [0.25, 0.3) is 16.5 Å². The maximum Gasteiger partial charge on any atom is 0.327 e. The van der Waals surface area contributed by atoms with Gasteiger partial charge in [0.2, 0.25) is 5.76 Å². The largest absolute Gasteiger partial charge is 0.496 e. The number of benzene rings is 2. The van der Waals surface area contributed by atoms with Crippen LogP contribution in [-0.4, -0.2) is 14.2 Å². The van der Waals surface area contributed by atoms with E-state index in [0.29, 0.717) is 11.7 Å². The van der Waals surface area contributed by atoms with Gasteiger partial charge in [-0.3, -0.25) is 0 Å². The van der Waals surface area contributed by atoms with E-state index >= 15 is 0 Å². The molecule has 4 heteroatoms. The Labute approximate surface area is 116 Å². The summed E-state index contributed by atoms with van der Waals surface area (Å²) in [6.07, 6.45) is -0.436. The molecule has 0 saturated carbocycles. The molecule has 0 spiro atoms. The second-order valence-electron chi connectivity index (χ2n) is 4.93. The molecule has 2 aliphatic heterocycles. The van der Waals surface area contributed by atoms with Gasteiger partial charge in [0, 0.05) is 10.9 Å². The Morgan fingerprint density at radius 3 is 2.70 bits per heavy atom. The fourth-order valence-electron chi connectivity index (χ4n) is 3.06. The van der Waals surface area contributed by atoms with Gasteiger partial charge in [-0.1, -0.05) is 18.2 Å². The van der Waals surface area contributed by atoms with Crippen LogP contribution in [-0.2, 0) is 14.2 Å². The Morgan fingerprint density at radius 1 is 1.10 bits per heavy atom. The second-order valence-corrected chi connectivity index (χ2v) is 4.93. The highest BCUT2D eigenvalue weighted by molar-refractivity contribution is 5.97. The number of hydrogen-bond acceptors (Lipinski definition) is 4. The third kappa shape index (κ3) is 1.26. The van der Waals surface area contributed by atoms with E-state index in [1.165, 1.54) is 0 Å². The number of aryl methyl sites for hydroxylation is 1. The summed E-state index contributed by atoms with van der Waals surface area (Å²) < 4.78 is 22.2. The third-order valence-corrected chi connectivity index (χ3v) is 3.86. The van der Waals surface area contributed by atoms with E-state index in [0.717, 1.165) is 33.2 Å². The van der Waals surface area contributed by atoms with Crippen molar-refractivity contribution in [3.63, 3.8) is 0 Å². The van der Waals surface area contributed by atoms with E-state index in [1.807, 2.05) is 12.1 Å². The van der Waals surface area contributed by atoms with Crippen molar-refractivity contribution < 1.29 is 18.9 Å². The standard InChI is InChI=1S/C16H14O4/c1-8-7-9-5-4-6-10(17-2)12(9)13-11(8)14-16(18-3)20-15(13)19-14/h4-7,15H,1-3H3. The number of ether oxygens (including phenoxy) is 4. The average Bonchev–Trinajstić information content (AvgIpc) is 3.04. The lowest BCUT2D eigenvalue weighted by Crippen LogP contribution is -2.05. The van der Waals surface area contributed by atoms with Crippen molar-refractivity contribution in [3.8, 4) is 5.75 Å². The highest BCUT2D eigenvalue weighted by Gasteiger charge is 2.43. The van der Waals surface area contributed by atoms with E-state index in [1.54, 1.807) is 14.2 Å². The molecular formula is C16H14O4. The lowest BCUT2D eigenvalue weighted by atomic mass is 9.93. The molecule has 102 valence electrons. The van der Waals surface area contributed by atoms with Gasteiger partial charge >= 0.3 is 5.95 Å². The minimum absolute atomic E-state index is 0.436. The quantitative estimate of drug-likeness (QED) is 0.837. The monoisotopic (exact) mass is 270 g/mol. The zero-order valence-electron chi connectivity index (χ0n) is 11.5. The predicted octanol–water partition coefficient (Wildman–Crippen LogP) is 3.49. The van der Waals surface area contributed by atoms with Crippen molar-refractivity contribution in [2.24, 2.45) is 0 Å². The van der Waals surface area contributed by atoms with Crippen LogP contribution in [0.15, 0.2) is 30.2 Å². The first-order valence-electron chi connectivity index (χ1n) is 6.46. The molecule has 20 heavy (non-hydrogen) atoms. The van der Waals surface area contributed by atoms with Crippen molar-refractivity contribution in [2.75, 3.05) is 14.2 Å². The lowest BCUT2D eigenvalue weighted by molar-refractivity contribution is -0.0583. The van der Waals surface area contributed by atoms with Gasteiger partial charge in [0.15, 0.2) is 0 Å². The zero-order valence-corrected chi connectivity index (χ0v) is 11.5. The van der Waals surface area contributed by atoms with Crippen LogP contribution in [0.4, 0.5) is 0 Å². The number of hydrogen-bond donors (Lipinski definition) is 0. The van der Waals surface area contributed by atoms with Crippen molar-refractivity contribution in [1.29, 1.82) is 0 Å². The third-order valence-electron chi connectivity index (χ3n) is 3.86. The number of fused-ring (bicyclic) bond motifs is 7. The van der Waals surface area contributed by atoms with Crippen LogP contribution in [0.2, 0.25) is 0 Å². The topological polar surface area (TPSA) is 36.9 Å². The first-order chi connectivity index (χ1) is 9.74. The number of methoxy groups -OCH3 is 2. The first kappa shape index (κ1) is 11.5. The summed E-state index contributed by atoms with van der Waals surface area (Å²) in [5, 5.41) is 2.17. The van der Waals surface area contributed by atoms with Crippen LogP contribution in [0, 0.1) is 6.92 Å². The van der Waals surface area contributed by atoms with Gasteiger partial charge in [-0.2, -0.15) is 0 Å². The highest BCUT2D eigenvalue weighted by atomic mass is 16.8. The molecule has 0 amide bonds. The molecule has 4 rings (SSSR count). The van der Waals surface area contributed by atoms with Crippen LogP contribution in [0.5, 0.6) is 5.75 Å². The molecule has 2 aromatic rings. The fraction of sp³-hybridized carbons (Fsp3) is 0.250. The maximum absolute atomic E-state index is 5.81. The molecule has 0 aromatic heterocycles. The Kier molecular flexibility index (Phi) is 2.19. The molecule has 0 radical (unpaired) electrons. The molecule has 0 fully saturated rings. The summed E-state index contributed by atoms with van der Waals surface area (Å²) in [5.74, 6) is 1.98. The van der Waals surface area contributed by atoms with E-state index < -0.39 is 6.29 Å². The average molecular weight is 270 g/mol. The van der Waals surface area contributed by atoms with E-state index in [2.05, 4.69) is 19.1 Å². The molecular weight excluding hydrogens is 256 g/mol.